The van der Waals surface area contributed by atoms with E-state index in [1.807, 2.05) is 38.1 Å². The molecule has 0 saturated carbocycles. The Labute approximate surface area is 164 Å². The van der Waals surface area contributed by atoms with Crippen LogP contribution in [-0.4, -0.2) is 36.9 Å². The third-order valence-corrected chi connectivity index (χ3v) is 4.61. The molecule has 0 spiro atoms. The molecule has 1 aromatic heterocycles. The highest BCUT2D eigenvalue weighted by Crippen LogP contribution is 2.27. The standard InChI is InChI=1S/C22H24N2O4/c1-4-24(5-2)22(26)15-9-8-10-16(13-15)23-21(25)20-18(14-27-3)17-11-6-7-12-19(17)28-20/h6-13H,4-5,14H2,1-3H3,(H,23,25). The predicted octanol–water partition coefficient (Wildman–Crippen LogP) is 4.31. The molecule has 146 valence electrons. The van der Waals surface area contributed by atoms with E-state index in [9.17, 15) is 9.59 Å². The van der Waals surface area contributed by atoms with E-state index in [1.54, 1.807) is 36.3 Å². The van der Waals surface area contributed by atoms with Crippen molar-refractivity contribution in [3.63, 3.8) is 0 Å². The number of nitrogens with zero attached hydrogens (tertiary/aromatic N) is 1. The Morgan fingerprint density at radius 1 is 1.07 bits per heavy atom. The molecule has 6 heteroatoms. The second kappa shape index (κ2) is 8.71. The summed E-state index contributed by atoms with van der Waals surface area (Å²) in [6, 6.07) is 14.4. The van der Waals surface area contributed by atoms with Gasteiger partial charge in [0.2, 0.25) is 0 Å². The van der Waals surface area contributed by atoms with Crippen molar-refractivity contribution in [2.45, 2.75) is 20.5 Å². The zero-order valence-electron chi connectivity index (χ0n) is 16.3. The number of carbonyl (C=O) groups excluding carboxylic acids is 2. The van der Waals surface area contributed by atoms with Gasteiger partial charge in [-0.25, -0.2) is 0 Å². The smallest absolute Gasteiger partial charge is 0.291 e. The summed E-state index contributed by atoms with van der Waals surface area (Å²) in [5.74, 6) is -0.232. The molecule has 0 saturated heterocycles. The van der Waals surface area contributed by atoms with Crippen molar-refractivity contribution in [3.05, 3.63) is 65.4 Å². The van der Waals surface area contributed by atoms with Gasteiger partial charge in [-0.05, 0) is 38.1 Å². The molecule has 0 aliphatic heterocycles. The van der Waals surface area contributed by atoms with Crippen molar-refractivity contribution in [2.75, 3.05) is 25.5 Å². The van der Waals surface area contributed by atoms with Gasteiger partial charge in [-0.1, -0.05) is 24.3 Å². The normalized spacial score (nSPS) is 10.8. The fraction of sp³-hybridized carbons (Fsp3) is 0.273. The lowest BCUT2D eigenvalue weighted by Gasteiger charge is -2.19. The molecule has 0 fully saturated rings. The maximum Gasteiger partial charge on any atom is 0.291 e. The SMILES string of the molecule is CCN(CC)C(=O)c1cccc(NC(=O)c2oc3ccccc3c2COC)c1. The first-order chi connectivity index (χ1) is 13.6. The van der Waals surface area contributed by atoms with Crippen molar-refractivity contribution in [2.24, 2.45) is 0 Å². The molecule has 3 aromatic rings. The van der Waals surface area contributed by atoms with Gasteiger partial charge in [-0.2, -0.15) is 0 Å². The fourth-order valence-corrected chi connectivity index (χ4v) is 3.18. The summed E-state index contributed by atoms with van der Waals surface area (Å²) in [4.78, 5) is 27.1. The number of furan rings is 1. The van der Waals surface area contributed by atoms with Crippen LogP contribution in [0.1, 0.15) is 40.3 Å². The lowest BCUT2D eigenvalue weighted by Crippen LogP contribution is -2.30. The number of rotatable bonds is 7. The molecule has 1 N–H and O–H groups in total. The maximum atomic E-state index is 12.9. The van der Waals surface area contributed by atoms with Crippen molar-refractivity contribution in [1.29, 1.82) is 0 Å². The molecule has 28 heavy (non-hydrogen) atoms. The van der Waals surface area contributed by atoms with Crippen molar-refractivity contribution >= 4 is 28.5 Å². The third kappa shape index (κ3) is 3.92. The quantitative estimate of drug-likeness (QED) is 0.663. The van der Waals surface area contributed by atoms with Crippen LogP contribution >= 0.6 is 0 Å². The van der Waals surface area contributed by atoms with E-state index >= 15 is 0 Å². The fourth-order valence-electron chi connectivity index (χ4n) is 3.18. The number of ether oxygens (including phenoxy) is 1. The summed E-state index contributed by atoms with van der Waals surface area (Å²) < 4.78 is 11.0. The Hall–Kier alpha value is -3.12. The van der Waals surface area contributed by atoms with Crippen molar-refractivity contribution in [3.8, 4) is 0 Å². The van der Waals surface area contributed by atoms with E-state index in [1.165, 1.54) is 0 Å². The number of amides is 2. The first kappa shape index (κ1) is 19.6. The van der Waals surface area contributed by atoms with Crippen LogP contribution in [0.4, 0.5) is 5.69 Å². The first-order valence-electron chi connectivity index (χ1n) is 9.29. The van der Waals surface area contributed by atoms with Gasteiger partial charge in [-0.3, -0.25) is 9.59 Å². The zero-order chi connectivity index (χ0) is 20.1. The van der Waals surface area contributed by atoms with Crippen molar-refractivity contribution < 1.29 is 18.7 Å². The molecule has 0 aliphatic carbocycles. The Morgan fingerprint density at radius 2 is 1.82 bits per heavy atom. The van der Waals surface area contributed by atoms with Crippen molar-refractivity contribution in [1.82, 2.24) is 4.90 Å². The average molecular weight is 380 g/mol. The number of carbonyl (C=O) groups is 2. The van der Waals surface area contributed by atoms with Gasteiger partial charge in [0.25, 0.3) is 11.8 Å². The van der Waals surface area contributed by atoms with Gasteiger partial charge in [-0.15, -0.1) is 0 Å². The van der Waals surface area contributed by atoms with Gasteiger partial charge in [0.15, 0.2) is 5.76 Å². The minimum Gasteiger partial charge on any atom is -0.451 e. The van der Waals surface area contributed by atoms with Crippen LogP contribution in [0.15, 0.2) is 52.9 Å². The minimum atomic E-state index is -0.379. The number of benzene rings is 2. The molecule has 0 aliphatic rings. The summed E-state index contributed by atoms with van der Waals surface area (Å²) in [5, 5.41) is 3.68. The lowest BCUT2D eigenvalue weighted by atomic mass is 10.1. The van der Waals surface area contributed by atoms with Crippen LogP contribution < -0.4 is 5.32 Å². The van der Waals surface area contributed by atoms with Gasteiger partial charge < -0.3 is 19.4 Å². The molecule has 3 rings (SSSR count). The Bertz CT molecular complexity index is 989. The molecular weight excluding hydrogens is 356 g/mol. The molecule has 6 nitrogen and oxygen atoms in total. The number of fused-ring (bicyclic) bond motifs is 1. The van der Waals surface area contributed by atoms with E-state index < -0.39 is 0 Å². The summed E-state index contributed by atoms with van der Waals surface area (Å²) >= 11 is 0. The second-order valence-electron chi connectivity index (χ2n) is 6.35. The largest absolute Gasteiger partial charge is 0.451 e. The summed E-state index contributed by atoms with van der Waals surface area (Å²) in [6.07, 6.45) is 0. The minimum absolute atomic E-state index is 0.0649. The molecule has 2 aromatic carbocycles. The Morgan fingerprint density at radius 3 is 2.54 bits per heavy atom. The number of para-hydroxylation sites is 1. The third-order valence-electron chi connectivity index (χ3n) is 4.61. The Kier molecular flexibility index (Phi) is 6.11. The number of hydrogen-bond donors (Lipinski definition) is 1. The molecule has 0 unspecified atom stereocenters. The van der Waals surface area contributed by atoms with Crippen LogP contribution in [0.5, 0.6) is 0 Å². The van der Waals surface area contributed by atoms with Gasteiger partial charge in [0.1, 0.15) is 5.58 Å². The number of nitrogens with one attached hydrogen (secondary N) is 1. The van der Waals surface area contributed by atoms with Crippen LogP contribution in [0, 0.1) is 0 Å². The first-order valence-corrected chi connectivity index (χ1v) is 9.29. The van der Waals surface area contributed by atoms with E-state index in [2.05, 4.69) is 5.32 Å². The summed E-state index contributed by atoms with van der Waals surface area (Å²) in [5.41, 5.74) is 2.39. The second-order valence-corrected chi connectivity index (χ2v) is 6.35. The van der Waals surface area contributed by atoms with Crippen LogP contribution in [0.2, 0.25) is 0 Å². The monoisotopic (exact) mass is 380 g/mol. The number of anilines is 1. The van der Waals surface area contributed by atoms with E-state index in [0.29, 0.717) is 35.5 Å². The predicted molar refractivity (Wildman–Crippen MR) is 109 cm³/mol. The van der Waals surface area contributed by atoms with Crippen LogP contribution in [-0.2, 0) is 11.3 Å². The molecule has 0 bridgehead atoms. The summed E-state index contributed by atoms with van der Waals surface area (Å²) in [7, 11) is 1.58. The summed E-state index contributed by atoms with van der Waals surface area (Å²) in [6.45, 7) is 5.40. The van der Waals surface area contributed by atoms with Gasteiger partial charge in [0.05, 0.1) is 6.61 Å². The van der Waals surface area contributed by atoms with E-state index in [4.69, 9.17) is 9.15 Å². The molecule has 0 atom stereocenters. The topological polar surface area (TPSA) is 71.8 Å². The van der Waals surface area contributed by atoms with Gasteiger partial charge >= 0.3 is 0 Å². The van der Waals surface area contributed by atoms with Crippen LogP contribution in [0.3, 0.4) is 0 Å². The average Bonchev–Trinajstić information content (AvgIpc) is 3.08. The van der Waals surface area contributed by atoms with Gasteiger partial charge in [0, 0.05) is 42.4 Å². The zero-order valence-corrected chi connectivity index (χ0v) is 16.3. The highest BCUT2D eigenvalue weighted by atomic mass is 16.5. The maximum absolute atomic E-state index is 12.9. The highest BCUT2D eigenvalue weighted by molar-refractivity contribution is 6.07. The molecule has 0 radical (unpaired) electrons. The van der Waals surface area contributed by atoms with Crippen LogP contribution in [0.25, 0.3) is 11.0 Å². The molecule has 1 heterocycles. The number of methoxy groups -OCH3 is 1. The molecule has 2 amide bonds. The molecular formula is C22H24N2O4. The van der Waals surface area contributed by atoms with E-state index in [0.717, 1.165) is 5.39 Å². The van der Waals surface area contributed by atoms with E-state index in [-0.39, 0.29) is 24.2 Å². The lowest BCUT2D eigenvalue weighted by molar-refractivity contribution is 0.0772. The number of hydrogen-bond acceptors (Lipinski definition) is 4. The highest BCUT2D eigenvalue weighted by Gasteiger charge is 2.21. The Balaban J connectivity index is 1.88.